The van der Waals surface area contributed by atoms with Gasteiger partial charge in [-0.25, -0.2) is 4.79 Å². The molecule has 0 aliphatic carbocycles. The molecule has 4 nitrogen and oxygen atoms in total. The second kappa shape index (κ2) is 6.48. The quantitative estimate of drug-likeness (QED) is 0.518. The molecule has 1 heterocycles. The third-order valence-corrected chi connectivity index (χ3v) is 4.42. The first-order valence-electron chi connectivity index (χ1n) is 8.40. The van der Waals surface area contributed by atoms with Crippen LogP contribution in [0.1, 0.15) is 16.1 Å². The van der Waals surface area contributed by atoms with Crippen LogP contribution in [0, 0.1) is 6.92 Å². The van der Waals surface area contributed by atoms with E-state index in [0.717, 1.165) is 33.4 Å². The van der Waals surface area contributed by atoms with Gasteiger partial charge in [-0.3, -0.25) is 4.98 Å². The van der Waals surface area contributed by atoms with Crippen LogP contribution in [0.5, 0.6) is 0 Å². The Bertz CT molecular complexity index is 1130. The number of fused-ring (bicyclic) bond motifs is 2. The van der Waals surface area contributed by atoms with Crippen LogP contribution in [0.25, 0.3) is 21.7 Å². The summed E-state index contributed by atoms with van der Waals surface area (Å²) in [6.45, 7) is 1.96. The number of benzene rings is 3. The maximum Gasteiger partial charge on any atom is 0.337 e. The van der Waals surface area contributed by atoms with Gasteiger partial charge in [-0.1, -0.05) is 36.4 Å². The van der Waals surface area contributed by atoms with Crippen molar-refractivity contribution < 1.29 is 9.53 Å². The molecule has 26 heavy (non-hydrogen) atoms. The van der Waals surface area contributed by atoms with Gasteiger partial charge < -0.3 is 10.1 Å². The second-order valence-corrected chi connectivity index (χ2v) is 6.19. The number of esters is 1. The van der Waals surface area contributed by atoms with Crippen molar-refractivity contribution in [3.63, 3.8) is 0 Å². The van der Waals surface area contributed by atoms with Crippen molar-refractivity contribution >= 4 is 39.0 Å². The molecule has 0 amide bonds. The van der Waals surface area contributed by atoms with Crippen LogP contribution in [0.2, 0.25) is 0 Å². The highest BCUT2D eigenvalue weighted by Crippen LogP contribution is 2.31. The Hall–Kier alpha value is -3.40. The van der Waals surface area contributed by atoms with E-state index in [9.17, 15) is 4.79 Å². The van der Waals surface area contributed by atoms with E-state index in [4.69, 9.17) is 4.74 Å². The number of anilines is 2. The Morgan fingerprint density at radius 3 is 2.58 bits per heavy atom. The van der Waals surface area contributed by atoms with Gasteiger partial charge in [-0.05, 0) is 42.6 Å². The molecular formula is C22H18N2O2. The second-order valence-electron chi connectivity index (χ2n) is 6.19. The fourth-order valence-corrected chi connectivity index (χ4v) is 3.19. The molecule has 4 heteroatoms. The average Bonchev–Trinajstić information content (AvgIpc) is 2.67. The smallest absolute Gasteiger partial charge is 0.337 e. The Labute approximate surface area is 151 Å². The van der Waals surface area contributed by atoms with Gasteiger partial charge in [0.25, 0.3) is 0 Å². The first-order chi connectivity index (χ1) is 12.7. The highest BCUT2D eigenvalue weighted by molar-refractivity contribution is 6.02. The van der Waals surface area contributed by atoms with Crippen molar-refractivity contribution in [1.29, 1.82) is 0 Å². The minimum absolute atomic E-state index is 0.358. The van der Waals surface area contributed by atoms with Crippen molar-refractivity contribution in [3.05, 3.63) is 78.0 Å². The molecule has 128 valence electrons. The minimum Gasteiger partial charge on any atom is -0.465 e. The number of hydrogen-bond donors (Lipinski definition) is 1. The molecule has 0 fully saturated rings. The third kappa shape index (κ3) is 2.86. The van der Waals surface area contributed by atoms with Crippen molar-refractivity contribution in [2.45, 2.75) is 6.92 Å². The summed E-state index contributed by atoms with van der Waals surface area (Å²) in [6, 6.07) is 21.8. The molecular weight excluding hydrogens is 324 g/mol. The first kappa shape index (κ1) is 16.1. The molecule has 0 atom stereocenters. The highest BCUT2D eigenvalue weighted by atomic mass is 16.5. The number of aromatic nitrogens is 1. The molecule has 0 saturated carbocycles. The lowest BCUT2D eigenvalue weighted by Gasteiger charge is -2.13. The summed E-state index contributed by atoms with van der Waals surface area (Å²) in [5.41, 5.74) is 4.17. The maximum absolute atomic E-state index is 11.9. The lowest BCUT2D eigenvalue weighted by atomic mass is 10.1. The van der Waals surface area contributed by atoms with E-state index < -0.39 is 0 Å². The van der Waals surface area contributed by atoms with Crippen molar-refractivity contribution in [2.75, 3.05) is 12.4 Å². The summed E-state index contributed by atoms with van der Waals surface area (Å²) in [5, 5.41) is 6.71. The lowest BCUT2D eigenvalue weighted by molar-refractivity contribution is 0.0601. The van der Waals surface area contributed by atoms with Gasteiger partial charge in [0.2, 0.25) is 0 Å². The summed E-state index contributed by atoms with van der Waals surface area (Å²) in [7, 11) is 1.38. The van der Waals surface area contributed by atoms with Crippen molar-refractivity contribution in [3.8, 4) is 0 Å². The molecule has 4 rings (SSSR count). The monoisotopic (exact) mass is 342 g/mol. The third-order valence-electron chi connectivity index (χ3n) is 4.42. The van der Waals surface area contributed by atoms with Crippen molar-refractivity contribution in [2.24, 2.45) is 0 Å². The van der Waals surface area contributed by atoms with E-state index in [1.54, 1.807) is 6.07 Å². The number of carbonyl (C=O) groups excluding carboxylic acids is 1. The number of carbonyl (C=O) groups is 1. The number of hydrogen-bond acceptors (Lipinski definition) is 4. The lowest BCUT2D eigenvalue weighted by Crippen LogP contribution is -2.02. The number of aryl methyl sites for hydroxylation is 1. The van der Waals surface area contributed by atoms with Gasteiger partial charge in [0.15, 0.2) is 0 Å². The first-order valence-corrected chi connectivity index (χ1v) is 8.40. The largest absolute Gasteiger partial charge is 0.465 e. The Kier molecular flexibility index (Phi) is 4.01. The van der Waals surface area contributed by atoms with E-state index in [1.807, 2.05) is 49.4 Å². The number of pyridine rings is 1. The number of nitrogens with one attached hydrogen (secondary N) is 1. The van der Waals surface area contributed by atoms with E-state index >= 15 is 0 Å². The van der Waals surface area contributed by atoms with Crippen molar-refractivity contribution in [1.82, 2.24) is 4.98 Å². The molecule has 0 aliphatic heterocycles. The molecule has 0 saturated heterocycles. The average molecular weight is 342 g/mol. The number of methoxy groups -OCH3 is 1. The standard InChI is InChI=1S/C22H18N2O2/c1-14-12-21(18-13-16(22(25)26-2)10-11-20(18)23-14)24-19-9-5-7-15-6-3-4-8-17(15)19/h3-13H,1-2H3,(H,23,24). The number of ether oxygens (including phenoxy) is 1. The van der Waals surface area contributed by atoms with E-state index in [0.29, 0.717) is 5.56 Å². The summed E-state index contributed by atoms with van der Waals surface area (Å²) in [6.07, 6.45) is 0. The summed E-state index contributed by atoms with van der Waals surface area (Å²) >= 11 is 0. The Balaban J connectivity index is 1.88. The van der Waals surface area contributed by atoms with Gasteiger partial charge in [-0.15, -0.1) is 0 Å². The molecule has 0 unspecified atom stereocenters. The SMILES string of the molecule is COC(=O)c1ccc2nc(C)cc(Nc3cccc4ccccc34)c2c1. The molecule has 0 bridgehead atoms. The fourth-order valence-electron chi connectivity index (χ4n) is 3.19. The predicted octanol–water partition coefficient (Wildman–Crippen LogP) is 5.23. The Morgan fingerprint density at radius 2 is 1.73 bits per heavy atom. The van der Waals surface area contributed by atoms with Crippen LogP contribution in [-0.4, -0.2) is 18.1 Å². The Morgan fingerprint density at radius 1 is 0.923 bits per heavy atom. The molecule has 1 N–H and O–H groups in total. The minimum atomic E-state index is -0.358. The molecule has 1 aromatic heterocycles. The molecule has 0 radical (unpaired) electrons. The summed E-state index contributed by atoms with van der Waals surface area (Å²) in [4.78, 5) is 16.5. The van der Waals surface area contributed by atoms with Gasteiger partial charge in [0, 0.05) is 27.8 Å². The van der Waals surface area contributed by atoms with Crippen LogP contribution in [0.4, 0.5) is 11.4 Å². The van der Waals surface area contributed by atoms with Gasteiger partial charge in [0.1, 0.15) is 0 Å². The van der Waals surface area contributed by atoms with Gasteiger partial charge >= 0.3 is 5.97 Å². The maximum atomic E-state index is 11.9. The summed E-state index contributed by atoms with van der Waals surface area (Å²) in [5.74, 6) is -0.358. The predicted molar refractivity (Wildman–Crippen MR) is 105 cm³/mol. The normalized spacial score (nSPS) is 10.8. The van der Waals surface area contributed by atoms with Crippen LogP contribution in [0.15, 0.2) is 66.7 Å². The van der Waals surface area contributed by atoms with Crippen LogP contribution >= 0.6 is 0 Å². The van der Waals surface area contributed by atoms with Crippen LogP contribution < -0.4 is 5.32 Å². The fraction of sp³-hybridized carbons (Fsp3) is 0.0909. The number of nitrogens with zero attached hydrogens (tertiary/aromatic N) is 1. The van der Waals surface area contributed by atoms with E-state index in [1.165, 1.54) is 12.5 Å². The topological polar surface area (TPSA) is 51.2 Å². The molecule has 0 spiro atoms. The van der Waals surface area contributed by atoms with Crippen LogP contribution in [-0.2, 0) is 4.74 Å². The molecule has 4 aromatic rings. The van der Waals surface area contributed by atoms with E-state index in [-0.39, 0.29) is 5.97 Å². The molecule has 0 aliphatic rings. The molecule has 3 aromatic carbocycles. The zero-order chi connectivity index (χ0) is 18.1. The van der Waals surface area contributed by atoms with Gasteiger partial charge in [0.05, 0.1) is 18.2 Å². The van der Waals surface area contributed by atoms with Crippen LogP contribution in [0.3, 0.4) is 0 Å². The van der Waals surface area contributed by atoms with E-state index in [2.05, 4.69) is 28.5 Å². The zero-order valence-corrected chi connectivity index (χ0v) is 14.6. The zero-order valence-electron chi connectivity index (χ0n) is 14.6. The van der Waals surface area contributed by atoms with Gasteiger partial charge in [-0.2, -0.15) is 0 Å². The number of rotatable bonds is 3. The highest BCUT2D eigenvalue weighted by Gasteiger charge is 2.11. The summed E-state index contributed by atoms with van der Waals surface area (Å²) < 4.78 is 4.84.